The van der Waals surface area contributed by atoms with E-state index in [0.29, 0.717) is 25.0 Å². The molecule has 0 aromatic carbocycles. The molecule has 98 valence electrons. The first-order valence-electron chi connectivity index (χ1n) is 5.76. The number of carbonyl (C=O) groups is 2. The SMILES string of the molecule is O=C(CCc1cn[nH]c1)N[C@@H]1CS[C@H](C(=O)O)C1. The summed E-state index contributed by atoms with van der Waals surface area (Å²) in [6.07, 6.45) is 5.01. The van der Waals surface area contributed by atoms with Gasteiger partial charge in [-0.1, -0.05) is 0 Å². The largest absolute Gasteiger partial charge is 0.480 e. The van der Waals surface area contributed by atoms with Crippen molar-refractivity contribution in [3.63, 3.8) is 0 Å². The zero-order chi connectivity index (χ0) is 13.0. The number of amides is 1. The number of aliphatic carboxylic acids is 1. The molecule has 1 aromatic rings. The van der Waals surface area contributed by atoms with Gasteiger partial charge in [0.15, 0.2) is 0 Å². The van der Waals surface area contributed by atoms with E-state index in [9.17, 15) is 9.59 Å². The predicted octanol–water partition coefficient (Wildman–Crippen LogP) is 0.417. The molecule has 1 aromatic heterocycles. The van der Waals surface area contributed by atoms with Crippen molar-refractivity contribution in [2.75, 3.05) is 5.75 Å². The molecule has 7 heteroatoms. The summed E-state index contributed by atoms with van der Waals surface area (Å²) in [5.41, 5.74) is 0.995. The van der Waals surface area contributed by atoms with Crippen LogP contribution in [0.3, 0.4) is 0 Å². The maximum atomic E-state index is 11.7. The Morgan fingerprint density at radius 2 is 2.44 bits per heavy atom. The molecule has 1 aliphatic heterocycles. The number of hydrogen-bond donors (Lipinski definition) is 3. The molecule has 2 heterocycles. The lowest BCUT2D eigenvalue weighted by molar-refractivity contribution is -0.136. The highest BCUT2D eigenvalue weighted by molar-refractivity contribution is 8.00. The number of nitrogens with one attached hydrogen (secondary N) is 2. The van der Waals surface area contributed by atoms with Gasteiger partial charge in [0.05, 0.1) is 6.20 Å². The summed E-state index contributed by atoms with van der Waals surface area (Å²) < 4.78 is 0. The molecule has 0 aliphatic carbocycles. The summed E-state index contributed by atoms with van der Waals surface area (Å²) in [5, 5.41) is 17.8. The molecular weight excluding hydrogens is 254 g/mol. The molecule has 0 saturated carbocycles. The topological polar surface area (TPSA) is 95.1 Å². The second-order valence-corrected chi connectivity index (χ2v) is 5.50. The Balaban J connectivity index is 1.70. The number of aryl methyl sites for hydroxylation is 1. The van der Waals surface area contributed by atoms with Crippen LogP contribution in [0.2, 0.25) is 0 Å². The smallest absolute Gasteiger partial charge is 0.316 e. The lowest BCUT2D eigenvalue weighted by atomic mass is 10.1. The summed E-state index contributed by atoms with van der Waals surface area (Å²) in [4.78, 5) is 22.4. The van der Waals surface area contributed by atoms with E-state index in [-0.39, 0.29) is 17.2 Å². The minimum absolute atomic E-state index is 0.0204. The Bertz CT molecular complexity index is 421. The molecule has 0 unspecified atom stereocenters. The highest BCUT2D eigenvalue weighted by Crippen LogP contribution is 2.26. The van der Waals surface area contributed by atoms with Crippen molar-refractivity contribution >= 4 is 23.6 Å². The standard InChI is InChI=1S/C11H15N3O3S/c15-10(2-1-7-4-12-13-5-7)14-8-3-9(11(16)17)18-6-8/h4-5,8-9H,1-3,6H2,(H,12,13)(H,14,15)(H,16,17)/t8-,9-/m0/s1. The number of aromatic amines is 1. The summed E-state index contributed by atoms with van der Waals surface area (Å²) >= 11 is 1.39. The molecule has 6 nitrogen and oxygen atoms in total. The zero-order valence-corrected chi connectivity index (χ0v) is 10.6. The maximum Gasteiger partial charge on any atom is 0.316 e. The minimum atomic E-state index is -0.796. The number of nitrogens with zero attached hydrogens (tertiary/aromatic N) is 1. The van der Waals surface area contributed by atoms with Gasteiger partial charge in [-0.3, -0.25) is 14.7 Å². The molecule has 0 spiro atoms. The highest BCUT2D eigenvalue weighted by Gasteiger charge is 2.31. The average Bonchev–Trinajstić information content (AvgIpc) is 2.96. The third kappa shape index (κ3) is 3.49. The zero-order valence-electron chi connectivity index (χ0n) is 9.76. The second-order valence-electron chi connectivity index (χ2n) is 4.27. The number of thioether (sulfide) groups is 1. The van der Waals surface area contributed by atoms with Crippen LogP contribution in [0.15, 0.2) is 12.4 Å². The molecule has 1 amide bonds. The third-order valence-corrected chi connectivity index (χ3v) is 4.22. The molecule has 18 heavy (non-hydrogen) atoms. The number of hydrogen-bond acceptors (Lipinski definition) is 4. The normalized spacial score (nSPS) is 22.9. The van der Waals surface area contributed by atoms with Gasteiger partial charge in [-0.2, -0.15) is 5.10 Å². The van der Waals surface area contributed by atoms with E-state index < -0.39 is 5.97 Å². The maximum absolute atomic E-state index is 11.7. The van der Waals surface area contributed by atoms with E-state index in [2.05, 4.69) is 15.5 Å². The summed E-state index contributed by atoms with van der Waals surface area (Å²) in [5.74, 6) is -0.156. The molecule has 2 rings (SSSR count). The highest BCUT2D eigenvalue weighted by atomic mass is 32.2. The van der Waals surface area contributed by atoms with Crippen LogP contribution in [0.4, 0.5) is 0 Å². The van der Waals surface area contributed by atoms with E-state index in [4.69, 9.17) is 5.11 Å². The molecule has 2 atom stereocenters. The number of carbonyl (C=O) groups excluding carboxylic acids is 1. The van der Waals surface area contributed by atoms with Crippen molar-refractivity contribution in [1.82, 2.24) is 15.5 Å². The van der Waals surface area contributed by atoms with E-state index >= 15 is 0 Å². The van der Waals surface area contributed by atoms with Crippen LogP contribution >= 0.6 is 11.8 Å². The van der Waals surface area contributed by atoms with E-state index in [1.807, 2.05) is 0 Å². The summed E-state index contributed by atoms with van der Waals surface area (Å²) in [6, 6.07) is -0.0204. The van der Waals surface area contributed by atoms with Crippen molar-refractivity contribution in [3.05, 3.63) is 18.0 Å². The van der Waals surface area contributed by atoms with Gasteiger partial charge >= 0.3 is 5.97 Å². The molecule has 1 fully saturated rings. The minimum Gasteiger partial charge on any atom is -0.480 e. The molecular formula is C11H15N3O3S. The summed E-state index contributed by atoms with van der Waals surface area (Å²) in [6.45, 7) is 0. The average molecular weight is 269 g/mol. The van der Waals surface area contributed by atoms with Crippen molar-refractivity contribution in [3.8, 4) is 0 Å². The Morgan fingerprint density at radius 3 is 3.06 bits per heavy atom. The van der Waals surface area contributed by atoms with Gasteiger partial charge in [0.1, 0.15) is 5.25 Å². The Labute approximate surface area is 109 Å². The number of carboxylic acid groups (broad SMARTS) is 1. The Kier molecular flexibility index (Phi) is 4.24. The quantitative estimate of drug-likeness (QED) is 0.720. The number of H-pyrrole nitrogens is 1. The van der Waals surface area contributed by atoms with Gasteiger partial charge in [0, 0.05) is 24.4 Å². The van der Waals surface area contributed by atoms with Crippen LogP contribution < -0.4 is 5.32 Å². The van der Waals surface area contributed by atoms with Crippen molar-refractivity contribution in [1.29, 1.82) is 0 Å². The van der Waals surface area contributed by atoms with Crippen molar-refractivity contribution in [2.24, 2.45) is 0 Å². The summed E-state index contributed by atoms with van der Waals surface area (Å²) in [7, 11) is 0. The monoisotopic (exact) mass is 269 g/mol. The van der Waals surface area contributed by atoms with E-state index in [0.717, 1.165) is 5.56 Å². The molecule has 0 radical (unpaired) electrons. The van der Waals surface area contributed by atoms with Crippen molar-refractivity contribution in [2.45, 2.75) is 30.6 Å². The van der Waals surface area contributed by atoms with Crippen LogP contribution in [-0.2, 0) is 16.0 Å². The lowest BCUT2D eigenvalue weighted by Gasteiger charge is -2.11. The Hall–Kier alpha value is -1.50. The van der Waals surface area contributed by atoms with Gasteiger partial charge in [0.2, 0.25) is 5.91 Å². The number of carboxylic acids is 1. The van der Waals surface area contributed by atoms with Crippen LogP contribution in [0.1, 0.15) is 18.4 Å². The van der Waals surface area contributed by atoms with Gasteiger partial charge < -0.3 is 10.4 Å². The van der Waals surface area contributed by atoms with Gasteiger partial charge in [0.25, 0.3) is 0 Å². The van der Waals surface area contributed by atoms with Gasteiger partial charge in [-0.05, 0) is 18.4 Å². The fraction of sp³-hybridized carbons (Fsp3) is 0.545. The van der Waals surface area contributed by atoms with Crippen LogP contribution in [0, 0.1) is 0 Å². The first-order chi connectivity index (χ1) is 8.65. The Morgan fingerprint density at radius 1 is 1.61 bits per heavy atom. The van der Waals surface area contributed by atoms with Crippen LogP contribution in [0.5, 0.6) is 0 Å². The van der Waals surface area contributed by atoms with Crippen molar-refractivity contribution < 1.29 is 14.7 Å². The third-order valence-electron chi connectivity index (χ3n) is 2.83. The lowest BCUT2D eigenvalue weighted by Crippen LogP contribution is -2.35. The van der Waals surface area contributed by atoms with Crippen LogP contribution in [-0.4, -0.2) is 44.2 Å². The number of rotatable bonds is 5. The van der Waals surface area contributed by atoms with Gasteiger partial charge in [-0.15, -0.1) is 11.8 Å². The molecule has 0 bridgehead atoms. The first-order valence-corrected chi connectivity index (χ1v) is 6.81. The second kappa shape index (κ2) is 5.90. The first kappa shape index (κ1) is 12.9. The molecule has 1 saturated heterocycles. The van der Waals surface area contributed by atoms with Crippen LogP contribution in [0.25, 0.3) is 0 Å². The fourth-order valence-corrected chi connectivity index (χ4v) is 3.07. The molecule has 1 aliphatic rings. The van der Waals surface area contributed by atoms with E-state index in [1.54, 1.807) is 12.4 Å². The number of aromatic nitrogens is 2. The van der Waals surface area contributed by atoms with Gasteiger partial charge in [-0.25, -0.2) is 0 Å². The van der Waals surface area contributed by atoms with E-state index in [1.165, 1.54) is 11.8 Å². The fourth-order valence-electron chi connectivity index (χ4n) is 1.87. The predicted molar refractivity (Wildman–Crippen MR) is 67.3 cm³/mol. The molecule has 3 N–H and O–H groups in total.